The van der Waals surface area contributed by atoms with Gasteiger partial charge in [0.05, 0.1) is 0 Å². The van der Waals surface area contributed by atoms with Crippen LogP contribution >= 0.6 is 9.24 Å². The van der Waals surface area contributed by atoms with Crippen LogP contribution in [0.4, 0.5) is 0 Å². The van der Waals surface area contributed by atoms with Gasteiger partial charge in [0, 0.05) is 0 Å². The van der Waals surface area contributed by atoms with Crippen molar-refractivity contribution in [3.05, 3.63) is 12.7 Å². The number of rotatable bonds is 23. The molecule has 1 heteroatoms. The molecule has 0 nitrogen and oxygen atoms in total. The molecule has 0 aromatic carbocycles. The minimum atomic E-state index is 1.00. The molecule has 218 valence electrons. The first-order chi connectivity index (χ1) is 18.2. The van der Waals surface area contributed by atoms with Gasteiger partial charge in [-0.3, -0.25) is 0 Å². The lowest BCUT2D eigenvalue weighted by Crippen LogP contribution is -2.19. The summed E-state index contributed by atoms with van der Waals surface area (Å²) in [5, 5.41) is 0. The number of allylic oxidation sites excluding steroid dienone is 1. The number of hydrogen-bond acceptors (Lipinski definition) is 0. The summed E-state index contributed by atoms with van der Waals surface area (Å²) in [4.78, 5) is 0. The van der Waals surface area contributed by atoms with Crippen LogP contribution in [-0.4, -0.2) is 6.16 Å². The molecule has 6 atom stereocenters. The van der Waals surface area contributed by atoms with E-state index in [1.54, 1.807) is 0 Å². The molecular formula is C36H69P. The predicted octanol–water partition coefficient (Wildman–Crippen LogP) is 12.7. The SMILES string of the molecule is C=CCCCCC(CCCCCCCC1CCCCC1C)CCCCCC1CCCCC1CCCCP. The van der Waals surface area contributed by atoms with Crippen molar-refractivity contribution in [1.82, 2.24) is 0 Å². The van der Waals surface area contributed by atoms with Crippen molar-refractivity contribution < 1.29 is 0 Å². The van der Waals surface area contributed by atoms with E-state index in [1.165, 1.54) is 180 Å². The Hall–Kier alpha value is 0.170. The lowest BCUT2D eigenvalue weighted by Gasteiger charge is -2.32. The molecule has 0 aliphatic heterocycles. The highest BCUT2D eigenvalue weighted by Crippen LogP contribution is 2.37. The topological polar surface area (TPSA) is 0 Å². The Morgan fingerprint density at radius 3 is 1.65 bits per heavy atom. The minimum absolute atomic E-state index is 1.00. The summed E-state index contributed by atoms with van der Waals surface area (Å²) in [6.07, 6.45) is 43.5. The van der Waals surface area contributed by atoms with Gasteiger partial charge in [-0.25, -0.2) is 0 Å². The molecule has 0 N–H and O–H groups in total. The fourth-order valence-corrected chi connectivity index (χ4v) is 8.25. The molecule has 0 radical (unpaired) electrons. The van der Waals surface area contributed by atoms with Crippen LogP contribution in [0.2, 0.25) is 0 Å². The molecule has 2 aliphatic rings. The van der Waals surface area contributed by atoms with Crippen LogP contribution in [0.5, 0.6) is 0 Å². The molecule has 0 amide bonds. The summed E-state index contributed by atoms with van der Waals surface area (Å²) in [6, 6.07) is 0. The van der Waals surface area contributed by atoms with Gasteiger partial charge in [0.1, 0.15) is 0 Å². The highest BCUT2D eigenvalue weighted by Gasteiger charge is 2.24. The Balaban J connectivity index is 1.55. The van der Waals surface area contributed by atoms with Gasteiger partial charge in [-0.05, 0) is 55.0 Å². The zero-order valence-electron chi connectivity index (χ0n) is 25.5. The lowest BCUT2D eigenvalue weighted by atomic mass is 9.74. The fraction of sp³-hybridized carbons (Fsp3) is 0.944. The molecule has 0 heterocycles. The largest absolute Gasteiger partial charge is 0.138 e. The maximum absolute atomic E-state index is 3.93. The number of hydrogen-bond donors (Lipinski definition) is 0. The third-order valence-corrected chi connectivity index (χ3v) is 10.9. The second-order valence-corrected chi connectivity index (χ2v) is 14.1. The van der Waals surface area contributed by atoms with Crippen LogP contribution in [0.3, 0.4) is 0 Å². The first-order valence-corrected chi connectivity index (χ1v) is 18.4. The van der Waals surface area contributed by atoms with Gasteiger partial charge in [0.2, 0.25) is 0 Å². The van der Waals surface area contributed by atoms with Gasteiger partial charge in [-0.1, -0.05) is 167 Å². The van der Waals surface area contributed by atoms with Crippen LogP contribution < -0.4 is 0 Å². The van der Waals surface area contributed by atoms with Crippen molar-refractivity contribution in [2.45, 2.75) is 180 Å². The predicted molar refractivity (Wildman–Crippen MR) is 173 cm³/mol. The molecule has 2 aliphatic carbocycles. The highest BCUT2D eigenvalue weighted by atomic mass is 31.0. The van der Waals surface area contributed by atoms with E-state index in [9.17, 15) is 0 Å². The highest BCUT2D eigenvalue weighted by molar-refractivity contribution is 7.16. The van der Waals surface area contributed by atoms with Crippen LogP contribution in [-0.2, 0) is 0 Å². The van der Waals surface area contributed by atoms with E-state index in [0.29, 0.717) is 0 Å². The Kier molecular flexibility index (Phi) is 20.7. The fourth-order valence-electron chi connectivity index (χ4n) is 7.96. The molecule has 6 unspecified atom stereocenters. The van der Waals surface area contributed by atoms with Crippen LogP contribution in [0.15, 0.2) is 12.7 Å². The molecule has 2 saturated carbocycles. The van der Waals surface area contributed by atoms with Crippen molar-refractivity contribution in [2.24, 2.45) is 29.6 Å². The van der Waals surface area contributed by atoms with E-state index < -0.39 is 0 Å². The normalized spacial score (nSPS) is 25.2. The van der Waals surface area contributed by atoms with E-state index in [1.807, 2.05) is 0 Å². The van der Waals surface area contributed by atoms with E-state index in [-0.39, 0.29) is 0 Å². The van der Waals surface area contributed by atoms with Gasteiger partial charge in [-0.2, -0.15) is 0 Å². The van der Waals surface area contributed by atoms with Gasteiger partial charge in [0.25, 0.3) is 0 Å². The lowest BCUT2D eigenvalue weighted by molar-refractivity contribution is 0.203. The summed E-state index contributed by atoms with van der Waals surface area (Å²) in [7, 11) is 2.92. The van der Waals surface area contributed by atoms with Crippen LogP contribution in [0.25, 0.3) is 0 Å². The molecule has 0 spiro atoms. The molecule has 0 aromatic rings. The van der Waals surface area contributed by atoms with Gasteiger partial charge < -0.3 is 0 Å². The zero-order valence-corrected chi connectivity index (χ0v) is 26.7. The monoisotopic (exact) mass is 533 g/mol. The minimum Gasteiger partial charge on any atom is -0.138 e. The second-order valence-electron chi connectivity index (χ2n) is 13.5. The first kappa shape index (κ1) is 33.4. The third-order valence-electron chi connectivity index (χ3n) is 10.5. The van der Waals surface area contributed by atoms with Crippen molar-refractivity contribution in [3.8, 4) is 0 Å². The number of unbranched alkanes of at least 4 members (excludes halogenated alkanes) is 9. The summed E-state index contributed by atoms with van der Waals surface area (Å²) in [5.41, 5.74) is 0. The molecule has 37 heavy (non-hydrogen) atoms. The summed E-state index contributed by atoms with van der Waals surface area (Å²) in [5.74, 6) is 5.19. The first-order valence-electron chi connectivity index (χ1n) is 17.6. The molecule has 0 bridgehead atoms. The molecular weight excluding hydrogens is 463 g/mol. The second kappa shape index (κ2) is 22.9. The summed E-state index contributed by atoms with van der Waals surface area (Å²) < 4.78 is 0. The van der Waals surface area contributed by atoms with Gasteiger partial charge >= 0.3 is 0 Å². The quantitative estimate of drug-likeness (QED) is 0.0697. The van der Waals surface area contributed by atoms with Crippen molar-refractivity contribution in [2.75, 3.05) is 6.16 Å². The average molecular weight is 533 g/mol. The van der Waals surface area contributed by atoms with Crippen LogP contribution in [0.1, 0.15) is 180 Å². The van der Waals surface area contributed by atoms with E-state index >= 15 is 0 Å². The average Bonchev–Trinajstić information content (AvgIpc) is 2.91. The van der Waals surface area contributed by atoms with Gasteiger partial charge in [0.15, 0.2) is 0 Å². The zero-order chi connectivity index (χ0) is 26.4. The maximum Gasteiger partial charge on any atom is -0.0353 e. The Labute approximate surface area is 237 Å². The standard InChI is InChI=1S/C36H69P/c1-3-4-5-10-22-33(23-11-7-6-8-13-25-34-26-16-15-21-32(34)2)24-12-9-14-27-35-28-17-18-29-36(35)30-19-20-31-37/h3,32-36H,1,4-31,37H2,2H3. The van der Waals surface area contributed by atoms with Crippen LogP contribution in [0, 0.1) is 29.6 Å². The molecule has 2 fully saturated rings. The summed E-state index contributed by atoms with van der Waals surface area (Å²) >= 11 is 0. The summed E-state index contributed by atoms with van der Waals surface area (Å²) in [6.45, 7) is 6.44. The van der Waals surface area contributed by atoms with E-state index in [4.69, 9.17) is 0 Å². The van der Waals surface area contributed by atoms with Gasteiger partial charge in [-0.15, -0.1) is 15.8 Å². The molecule has 2 rings (SSSR count). The van der Waals surface area contributed by atoms with E-state index in [0.717, 1.165) is 29.6 Å². The maximum atomic E-state index is 3.93. The Morgan fingerprint density at radius 1 is 0.595 bits per heavy atom. The molecule has 0 saturated heterocycles. The van der Waals surface area contributed by atoms with Crippen molar-refractivity contribution in [1.29, 1.82) is 0 Å². The Morgan fingerprint density at radius 2 is 1.05 bits per heavy atom. The van der Waals surface area contributed by atoms with Crippen molar-refractivity contribution in [3.63, 3.8) is 0 Å². The smallest absolute Gasteiger partial charge is 0.0353 e. The molecule has 0 aromatic heterocycles. The van der Waals surface area contributed by atoms with Crippen molar-refractivity contribution >= 4 is 9.24 Å². The third kappa shape index (κ3) is 16.1. The Bertz CT molecular complexity index is 513. The van der Waals surface area contributed by atoms with E-state index in [2.05, 4.69) is 28.8 Å².